The zero-order chi connectivity index (χ0) is 28.7. The Hall–Kier alpha value is -3.52. The molecule has 0 saturated heterocycles. The topological polar surface area (TPSA) is 93.0 Å². The van der Waals surface area contributed by atoms with Gasteiger partial charge < -0.3 is 19.3 Å². The van der Waals surface area contributed by atoms with Crippen LogP contribution >= 0.6 is 11.6 Å². The van der Waals surface area contributed by atoms with Crippen molar-refractivity contribution in [1.82, 2.24) is 5.01 Å². The molecule has 0 aromatic heterocycles. The van der Waals surface area contributed by atoms with Crippen molar-refractivity contribution in [3.8, 4) is 11.5 Å². The van der Waals surface area contributed by atoms with Gasteiger partial charge in [0.2, 0.25) is 0 Å². The average Bonchev–Trinajstić information content (AvgIpc) is 3.51. The number of carbonyl (C=O) groups excluding carboxylic acids is 1. The summed E-state index contributed by atoms with van der Waals surface area (Å²) in [5, 5.41) is 17.8. The third kappa shape index (κ3) is 6.61. The molecule has 1 fully saturated rings. The number of halogens is 1. The number of aliphatic hydroxyl groups is 1. The molecule has 2 aromatic carbocycles. The van der Waals surface area contributed by atoms with Crippen molar-refractivity contribution >= 4 is 29.6 Å². The summed E-state index contributed by atoms with van der Waals surface area (Å²) >= 11 is 6.41. The van der Waals surface area contributed by atoms with Crippen LogP contribution in [-0.2, 0) is 16.0 Å². The van der Waals surface area contributed by atoms with Gasteiger partial charge in [-0.05, 0) is 48.8 Å². The van der Waals surface area contributed by atoms with Crippen LogP contribution in [0.5, 0.6) is 11.5 Å². The number of cyclic esters (lactones) is 1. The second-order valence-electron chi connectivity index (χ2n) is 10.3. The number of aliphatic imine (C=N–C) groups is 1. The lowest BCUT2D eigenvalue weighted by atomic mass is 9.76. The first kappa shape index (κ1) is 29.5. The van der Waals surface area contributed by atoms with Gasteiger partial charge in [0, 0.05) is 33.0 Å². The molecule has 2 aromatic rings. The van der Waals surface area contributed by atoms with E-state index in [2.05, 4.69) is 10.1 Å². The van der Waals surface area contributed by atoms with Crippen LogP contribution in [0.15, 0.2) is 63.9 Å². The molecule has 1 unspecified atom stereocenters. The minimum Gasteiger partial charge on any atom is -0.512 e. The normalized spacial score (nSPS) is 20.2. The summed E-state index contributed by atoms with van der Waals surface area (Å²) in [4.78, 5) is 17.8. The molecule has 0 spiro atoms. The Morgan fingerprint density at radius 2 is 1.88 bits per heavy atom. The van der Waals surface area contributed by atoms with E-state index in [0.29, 0.717) is 35.2 Å². The number of methoxy groups -OCH3 is 2. The molecule has 9 heteroatoms. The second-order valence-corrected chi connectivity index (χ2v) is 10.7. The van der Waals surface area contributed by atoms with Crippen LogP contribution < -0.4 is 9.47 Å². The predicted molar refractivity (Wildman–Crippen MR) is 158 cm³/mol. The molecule has 214 valence electrons. The highest BCUT2D eigenvalue weighted by molar-refractivity contribution is 6.32. The number of nitrogens with zero attached hydrogens (tertiary/aromatic N) is 3. The molecule has 40 heavy (non-hydrogen) atoms. The molecule has 1 heterocycles. The maximum Gasteiger partial charge on any atom is 0.338 e. The number of hydrazone groups is 1. The lowest BCUT2D eigenvalue weighted by Gasteiger charge is -2.42. The molecule has 1 aliphatic heterocycles. The van der Waals surface area contributed by atoms with Gasteiger partial charge in [0.05, 0.1) is 31.0 Å². The largest absolute Gasteiger partial charge is 0.512 e. The summed E-state index contributed by atoms with van der Waals surface area (Å²) in [7, 11) is 6.58. The van der Waals surface area contributed by atoms with Gasteiger partial charge in [0.1, 0.15) is 28.7 Å². The summed E-state index contributed by atoms with van der Waals surface area (Å²) in [6, 6.07) is 13.3. The molecule has 2 aliphatic rings. The van der Waals surface area contributed by atoms with E-state index in [9.17, 15) is 9.90 Å². The molecule has 1 atom stereocenters. The van der Waals surface area contributed by atoms with Crippen molar-refractivity contribution in [1.29, 1.82) is 0 Å². The number of carbonyl (C=O) groups is 1. The van der Waals surface area contributed by atoms with Crippen LogP contribution in [0.1, 0.15) is 56.1 Å². The zero-order valence-corrected chi connectivity index (χ0v) is 24.4. The summed E-state index contributed by atoms with van der Waals surface area (Å²) in [6.07, 6.45) is 7.28. The fourth-order valence-corrected chi connectivity index (χ4v) is 5.97. The Kier molecular flexibility index (Phi) is 9.74. The van der Waals surface area contributed by atoms with Gasteiger partial charge in [-0.1, -0.05) is 54.8 Å². The second kappa shape index (κ2) is 13.2. The van der Waals surface area contributed by atoms with E-state index >= 15 is 0 Å². The maximum absolute atomic E-state index is 13.5. The van der Waals surface area contributed by atoms with E-state index < -0.39 is 11.6 Å². The molecule has 0 bridgehead atoms. The summed E-state index contributed by atoms with van der Waals surface area (Å²) < 4.78 is 17.2. The third-order valence-corrected chi connectivity index (χ3v) is 8.27. The fraction of sp³-hybridized carbons (Fsp3) is 0.452. The fourth-order valence-electron chi connectivity index (χ4n) is 5.71. The smallest absolute Gasteiger partial charge is 0.338 e. The summed E-state index contributed by atoms with van der Waals surface area (Å²) in [5.74, 6) is 1.46. The quantitative estimate of drug-likeness (QED) is 0.155. The van der Waals surface area contributed by atoms with Gasteiger partial charge in [-0.25, -0.2) is 4.79 Å². The molecule has 8 nitrogen and oxygen atoms in total. The van der Waals surface area contributed by atoms with Gasteiger partial charge in [0.15, 0.2) is 0 Å². The molecule has 1 saturated carbocycles. The molecule has 4 rings (SSSR count). The van der Waals surface area contributed by atoms with Crippen LogP contribution in [-0.4, -0.2) is 62.1 Å². The molecular weight excluding hydrogens is 530 g/mol. The van der Waals surface area contributed by atoms with Gasteiger partial charge in [-0.15, -0.1) is 0 Å². The van der Waals surface area contributed by atoms with Crippen LogP contribution in [0, 0.1) is 5.92 Å². The zero-order valence-electron chi connectivity index (χ0n) is 23.7. The van der Waals surface area contributed by atoms with E-state index in [0.717, 1.165) is 36.8 Å². The highest BCUT2D eigenvalue weighted by Gasteiger charge is 2.48. The van der Waals surface area contributed by atoms with Crippen molar-refractivity contribution < 1.29 is 24.1 Å². The number of aryl methyl sites for hydroxylation is 1. The minimum absolute atomic E-state index is 0.0597. The number of hydrogen-bond acceptors (Lipinski definition) is 7. The van der Waals surface area contributed by atoms with Gasteiger partial charge in [-0.2, -0.15) is 5.10 Å². The van der Waals surface area contributed by atoms with E-state index in [1.165, 1.54) is 0 Å². The van der Waals surface area contributed by atoms with Crippen molar-refractivity contribution in [2.45, 2.75) is 57.0 Å². The molecular formula is C31H38ClN3O5. The Morgan fingerprint density at radius 1 is 1.18 bits per heavy atom. The molecule has 1 aliphatic carbocycles. The van der Waals surface area contributed by atoms with Crippen molar-refractivity contribution in [2.24, 2.45) is 16.0 Å². The number of ether oxygens (including phenoxy) is 3. The number of aliphatic hydroxyl groups excluding tert-OH is 1. The first-order chi connectivity index (χ1) is 19.3. The maximum atomic E-state index is 13.5. The summed E-state index contributed by atoms with van der Waals surface area (Å²) in [5.41, 5.74) is 1.26. The molecule has 0 amide bonds. The minimum atomic E-state index is -0.806. The lowest BCUT2D eigenvalue weighted by Crippen LogP contribution is -2.46. The number of amidine groups is 1. The van der Waals surface area contributed by atoms with Crippen molar-refractivity contribution in [2.75, 3.05) is 28.3 Å². The van der Waals surface area contributed by atoms with E-state index in [4.69, 9.17) is 25.8 Å². The van der Waals surface area contributed by atoms with Gasteiger partial charge in [-0.3, -0.25) is 10.0 Å². The number of rotatable bonds is 10. The lowest BCUT2D eigenvalue weighted by molar-refractivity contribution is -0.167. The van der Waals surface area contributed by atoms with Crippen LogP contribution in [0.2, 0.25) is 5.02 Å². The van der Waals surface area contributed by atoms with E-state index in [-0.39, 0.29) is 30.1 Å². The molecule has 1 N–H and O–H groups in total. The average molecular weight is 568 g/mol. The Morgan fingerprint density at radius 3 is 2.50 bits per heavy atom. The Bertz CT molecular complexity index is 1290. The number of esters is 1. The highest BCUT2D eigenvalue weighted by atomic mass is 35.5. The predicted octanol–water partition coefficient (Wildman–Crippen LogP) is 6.36. The Labute approximate surface area is 241 Å². The van der Waals surface area contributed by atoms with Crippen molar-refractivity contribution in [3.05, 3.63) is 69.9 Å². The standard InChI is InChI=1S/C31H38ClN3O5/c1-33-29(35(2)34-20-21-10-6-5-7-11-21)17-24-26(36)19-31(40-30(24)37,23-12-8-9-13-23)15-14-22-16-25(32)28(39-4)18-27(22)38-3/h5-7,10-11,16,18,20,23,36H,8-9,12-15,17,19H2,1-4H3/b33-29?,34-20+. The first-order valence-electron chi connectivity index (χ1n) is 13.6. The Balaban J connectivity index is 1.55. The summed E-state index contributed by atoms with van der Waals surface area (Å²) in [6.45, 7) is 0. The SMILES string of the molecule is CN=C(CC1=C(O)CC(CCc2cc(Cl)c(OC)cc2OC)(C2CCCC2)OC1=O)N(C)/N=C/c1ccccc1. The van der Waals surface area contributed by atoms with Gasteiger partial charge in [0.25, 0.3) is 0 Å². The van der Waals surface area contributed by atoms with Crippen molar-refractivity contribution in [3.63, 3.8) is 0 Å². The first-order valence-corrected chi connectivity index (χ1v) is 14.0. The monoisotopic (exact) mass is 567 g/mol. The van der Waals surface area contributed by atoms with E-state index in [1.807, 2.05) is 36.4 Å². The van der Waals surface area contributed by atoms with Gasteiger partial charge >= 0.3 is 5.97 Å². The highest BCUT2D eigenvalue weighted by Crippen LogP contribution is 2.47. The van der Waals surface area contributed by atoms with Crippen LogP contribution in [0.3, 0.4) is 0 Å². The number of benzene rings is 2. The third-order valence-electron chi connectivity index (χ3n) is 7.98. The van der Waals surface area contributed by atoms with Crippen LogP contribution in [0.25, 0.3) is 0 Å². The van der Waals surface area contributed by atoms with E-state index in [1.54, 1.807) is 45.6 Å². The number of hydrogen-bond donors (Lipinski definition) is 1. The molecule has 0 radical (unpaired) electrons. The van der Waals surface area contributed by atoms with Crippen LogP contribution in [0.4, 0.5) is 0 Å².